The molecule has 1 amide bonds. The fourth-order valence-corrected chi connectivity index (χ4v) is 4.21. The van der Waals surface area contributed by atoms with Crippen molar-refractivity contribution in [2.24, 2.45) is 0 Å². The van der Waals surface area contributed by atoms with Crippen molar-refractivity contribution in [3.05, 3.63) is 64.0 Å². The molecule has 0 bridgehead atoms. The van der Waals surface area contributed by atoms with E-state index in [1.807, 2.05) is 25.1 Å². The molecular formula is C22H22BrN5O4. The molecule has 3 aromatic rings. The lowest BCUT2D eigenvalue weighted by atomic mass is 9.95. The fourth-order valence-electron chi connectivity index (χ4n) is 3.65. The SMILES string of the molecule is COc1ccc(OC)c(NC(=O)C2=C(C)Nc3ncnn3[C@H]2c2ccc(OC)c(Br)c2)c1. The minimum atomic E-state index is -0.507. The Morgan fingerprint density at radius 2 is 1.84 bits per heavy atom. The number of carbonyl (C=O) groups excluding carboxylic acids is 1. The lowest BCUT2D eigenvalue weighted by molar-refractivity contribution is -0.113. The van der Waals surface area contributed by atoms with E-state index in [9.17, 15) is 4.79 Å². The van der Waals surface area contributed by atoms with Gasteiger partial charge >= 0.3 is 0 Å². The Hall–Kier alpha value is -3.53. The molecule has 9 nitrogen and oxygen atoms in total. The minimum Gasteiger partial charge on any atom is -0.497 e. The second-order valence-electron chi connectivity index (χ2n) is 7.01. The molecule has 0 saturated carbocycles. The maximum absolute atomic E-state index is 13.6. The van der Waals surface area contributed by atoms with Gasteiger partial charge < -0.3 is 24.8 Å². The highest BCUT2D eigenvalue weighted by Crippen LogP contribution is 2.38. The molecule has 32 heavy (non-hydrogen) atoms. The number of nitrogens with one attached hydrogen (secondary N) is 2. The third-order valence-electron chi connectivity index (χ3n) is 5.19. The van der Waals surface area contributed by atoms with E-state index in [0.717, 1.165) is 10.0 Å². The Balaban J connectivity index is 1.77. The van der Waals surface area contributed by atoms with Gasteiger partial charge in [0.2, 0.25) is 5.95 Å². The minimum absolute atomic E-state index is 0.306. The molecule has 166 valence electrons. The van der Waals surface area contributed by atoms with Crippen molar-refractivity contribution >= 4 is 33.5 Å². The highest BCUT2D eigenvalue weighted by Gasteiger charge is 2.34. The molecule has 2 heterocycles. The summed E-state index contributed by atoms with van der Waals surface area (Å²) in [6.07, 6.45) is 1.45. The number of methoxy groups -OCH3 is 3. The number of amides is 1. The van der Waals surface area contributed by atoms with Crippen LogP contribution in [0, 0.1) is 0 Å². The molecule has 2 N–H and O–H groups in total. The van der Waals surface area contributed by atoms with Crippen LogP contribution in [0.25, 0.3) is 0 Å². The second kappa shape index (κ2) is 8.91. The van der Waals surface area contributed by atoms with Crippen LogP contribution in [-0.2, 0) is 4.79 Å². The molecular weight excluding hydrogens is 478 g/mol. The van der Waals surface area contributed by atoms with Crippen molar-refractivity contribution in [1.29, 1.82) is 0 Å². The number of benzene rings is 2. The molecule has 0 fully saturated rings. The van der Waals surface area contributed by atoms with Crippen LogP contribution in [-0.4, -0.2) is 42.0 Å². The number of fused-ring (bicyclic) bond motifs is 1. The standard InChI is InChI=1S/C22H22BrN5O4/c1-12-19(21(29)27-16-10-14(30-2)6-8-18(16)32-4)20(28-22(26-12)24-11-25-28)13-5-7-17(31-3)15(23)9-13/h5-11,20H,1-4H3,(H,27,29)(H,24,25,26)/t20-/m0/s1. The van der Waals surface area contributed by atoms with Crippen molar-refractivity contribution < 1.29 is 19.0 Å². The Bertz CT molecular complexity index is 1210. The molecule has 1 aromatic heterocycles. The first-order valence-corrected chi connectivity index (χ1v) is 10.5. The number of ether oxygens (including phenoxy) is 3. The first-order valence-electron chi connectivity index (χ1n) is 9.71. The second-order valence-corrected chi connectivity index (χ2v) is 7.86. The van der Waals surface area contributed by atoms with Gasteiger partial charge in [0.25, 0.3) is 5.91 Å². The van der Waals surface area contributed by atoms with Gasteiger partial charge in [-0.1, -0.05) is 6.07 Å². The fraction of sp³-hybridized carbons (Fsp3) is 0.227. The zero-order valence-electron chi connectivity index (χ0n) is 18.0. The van der Waals surface area contributed by atoms with Crippen LogP contribution in [0.4, 0.5) is 11.6 Å². The number of carbonyl (C=O) groups is 1. The van der Waals surface area contributed by atoms with Gasteiger partial charge in [-0.15, -0.1) is 0 Å². The summed E-state index contributed by atoms with van der Waals surface area (Å²) in [6.45, 7) is 1.83. The van der Waals surface area contributed by atoms with Crippen LogP contribution in [0.5, 0.6) is 17.2 Å². The van der Waals surface area contributed by atoms with Crippen LogP contribution in [0.3, 0.4) is 0 Å². The van der Waals surface area contributed by atoms with Gasteiger partial charge in [0.1, 0.15) is 29.6 Å². The van der Waals surface area contributed by atoms with E-state index >= 15 is 0 Å². The average molecular weight is 500 g/mol. The van der Waals surface area contributed by atoms with E-state index in [1.165, 1.54) is 6.33 Å². The van der Waals surface area contributed by atoms with Crippen LogP contribution in [0.15, 0.2) is 58.5 Å². The van der Waals surface area contributed by atoms with E-state index in [0.29, 0.717) is 40.2 Å². The summed E-state index contributed by atoms with van der Waals surface area (Å²) in [5.74, 6) is 2.05. The van der Waals surface area contributed by atoms with Gasteiger partial charge in [0.15, 0.2) is 0 Å². The number of halogens is 1. The topological polar surface area (TPSA) is 99.5 Å². The van der Waals surface area contributed by atoms with Crippen molar-refractivity contribution in [2.75, 3.05) is 32.0 Å². The third kappa shape index (κ3) is 3.89. The van der Waals surface area contributed by atoms with Crippen LogP contribution >= 0.6 is 15.9 Å². The maximum atomic E-state index is 13.6. The van der Waals surface area contributed by atoms with Gasteiger partial charge in [0, 0.05) is 11.8 Å². The smallest absolute Gasteiger partial charge is 0.255 e. The number of allylic oxidation sites excluding steroid dienone is 1. The van der Waals surface area contributed by atoms with Crippen molar-refractivity contribution in [2.45, 2.75) is 13.0 Å². The van der Waals surface area contributed by atoms with Gasteiger partial charge in [0.05, 0.1) is 37.1 Å². The molecule has 4 rings (SSSR count). The largest absolute Gasteiger partial charge is 0.497 e. The summed E-state index contributed by atoms with van der Waals surface area (Å²) in [7, 11) is 4.71. The number of rotatable bonds is 6. The van der Waals surface area contributed by atoms with Crippen LogP contribution in [0.2, 0.25) is 0 Å². The molecule has 0 spiro atoms. The highest BCUT2D eigenvalue weighted by molar-refractivity contribution is 9.10. The number of anilines is 2. The predicted molar refractivity (Wildman–Crippen MR) is 123 cm³/mol. The molecule has 0 saturated heterocycles. The maximum Gasteiger partial charge on any atom is 0.255 e. The number of nitrogens with zero attached hydrogens (tertiary/aromatic N) is 3. The quantitative estimate of drug-likeness (QED) is 0.528. The number of hydrogen-bond acceptors (Lipinski definition) is 7. The highest BCUT2D eigenvalue weighted by atomic mass is 79.9. The third-order valence-corrected chi connectivity index (χ3v) is 5.81. The van der Waals surface area contributed by atoms with Gasteiger partial charge in [-0.3, -0.25) is 4.79 Å². The van der Waals surface area contributed by atoms with E-state index < -0.39 is 6.04 Å². The van der Waals surface area contributed by atoms with Gasteiger partial charge in [-0.05, 0) is 52.7 Å². The van der Waals surface area contributed by atoms with Gasteiger partial charge in [-0.25, -0.2) is 4.68 Å². The number of hydrogen-bond donors (Lipinski definition) is 2. The zero-order valence-corrected chi connectivity index (χ0v) is 19.6. The summed E-state index contributed by atoms with van der Waals surface area (Å²) in [6, 6.07) is 10.4. The Morgan fingerprint density at radius 3 is 2.53 bits per heavy atom. The lowest BCUT2D eigenvalue weighted by Crippen LogP contribution is -2.31. The Labute approximate surface area is 193 Å². The average Bonchev–Trinajstić information content (AvgIpc) is 3.25. The predicted octanol–water partition coefficient (Wildman–Crippen LogP) is 3.99. The van der Waals surface area contributed by atoms with E-state index in [1.54, 1.807) is 44.2 Å². The van der Waals surface area contributed by atoms with Crippen molar-refractivity contribution in [3.8, 4) is 17.2 Å². The van der Waals surface area contributed by atoms with Crippen LogP contribution in [0.1, 0.15) is 18.5 Å². The summed E-state index contributed by atoms with van der Waals surface area (Å²) in [5.41, 5.74) is 2.50. The van der Waals surface area contributed by atoms with Crippen molar-refractivity contribution in [1.82, 2.24) is 14.8 Å². The summed E-state index contributed by atoms with van der Waals surface area (Å²) >= 11 is 3.53. The summed E-state index contributed by atoms with van der Waals surface area (Å²) in [5, 5.41) is 10.5. The van der Waals surface area contributed by atoms with E-state index in [4.69, 9.17) is 14.2 Å². The molecule has 0 unspecified atom stereocenters. The molecule has 10 heteroatoms. The normalized spacial score (nSPS) is 15.0. The monoisotopic (exact) mass is 499 g/mol. The Morgan fingerprint density at radius 1 is 1.09 bits per heavy atom. The lowest BCUT2D eigenvalue weighted by Gasteiger charge is -2.29. The summed E-state index contributed by atoms with van der Waals surface area (Å²) < 4.78 is 18.5. The molecule has 2 aromatic carbocycles. The first-order chi connectivity index (χ1) is 15.5. The zero-order chi connectivity index (χ0) is 22.8. The summed E-state index contributed by atoms with van der Waals surface area (Å²) in [4.78, 5) is 17.8. The Kier molecular flexibility index (Phi) is 6.04. The molecule has 1 atom stereocenters. The van der Waals surface area contributed by atoms with Crippen LogP contribution < -0.4 is 24.8 Å². The van der Waals surface area contributed by atoms with E-state index in [2.05, 4.69) is 36.6 Å². The first kappa shape index (κ1) is 21.7. The molecule has 1 aliphatic heterocycles. The van der Waals surface area contributed by atoms with Gasteiger partial charge in [-0.2, -0.15) is 10.1 Å². The molecule has 0 aliphatic carbocycles. The molecule has 0 radical (unpaired) electrons. The number of aromatic nitrogens is 3. The van der Waals surface area contributed by atoms with E-state index in [-0.39, 0.29) is 5.91 Å². The molecule has 1 aliphatic rings. The van der Waals surface area contributed by atoms with Crippen molar-refractivity contribution in [3.63, 3.8) is 0 Å².